The van der Waals surface area contributed by atoms with Crippen LogP contribution in [0.5, 0.6) is 0 Å². The van der Waals surface area contributed by atoms with Crippen molar-refractivity contribution in [3.05, 3.63) is 24.3 Å². The van der Waals surface area contributed by atoms with E-state index in [1.54, 1.807) is 14.1 Å². The molecule has 1 aliphatic rings. The molecule has 2 rings (SSSR count). The molecule has 0 spiro atoms. The molecule has 0 unspecified atom stereocenters. The molecule has 0 saturated carbocycles. The fraction of sp³-hybridized carbons (Fsp3) is 0.286. The number of para-hydroxylation sites is 2. The average Bonchev–Trinajstić information content (AvgIpc) is 2.46. The number of carbonyl (C=O) groups excluding carboxylic acids is 2. The zero-order valence-corrected chi connectivity index (χ0v) is 10.4. The van der Waals surface area contributed by atoms with Gasteiger partial charge in [-0.3, -0.25) is 9.59 Å². The summed E-state index contributed by atoms with van der Waals surface area (Å²) in [5, 5.41) is 0. The van der Waals surface area contributed by atoms with Gasteiger partial charge in [0.1, 0.15) is 5.92 Å². The molecule has 1 aromatic carbocycles. The van der Waals surface area contributed by atoms with Gasteiger partial charge in [-0.05, 0) is 12.1 Å². The first-order valence-electron chi connectivity index (χ1n) is 5.65. The lowest BCUT2D eigenvalue weighted by Crippen LogP contribution is -2.39. The first kappa shape index (κ1) is 12.2. The molecule has 1 aliphatic heterocycles. The normalized spacial score (nSPS) is 16.3. The SMILES string of the molecule is C#CCC1C(=O)N(C)c2ccccc2N(C)C1=O. The molecule has 0 bridgehead atoms. The summed E-state index contributed by atoms with van der Waals surface area (Å²) in [5.74, 6) is 1.10. The highest BCUT2D eigenvalue weighted by atomic mass is 16.2. The molecular formula is C14H14N2O2. The van der Waals surface area contributed by atoms with E-state index in [1.807, 2.05) is 24.3 Å². The summed E-state index contributed by atoms with van der Waals surface area (Å²) in [6, 6.07) is 7.30. The Bertz CT molecular complexity index is 504. The number of fused-ring (bicyclic) bond motifs is 1. The van der Waals surface area contributed by atoms with E-state index in [2.05, 4.69) is 5.92 Å². The molecule has 0 saturated heterocycles. The minimum absolute atomic E-state index is 0.125. The Kier molecular flexibility index (Phi) is 3.07. The lowest BCUT2D eigenvalue weighted by atomic mass is 10.0. The maximum absolute atomic E-state index is 12.2. The highest BCUT2D eigenvalue weighted by Crippen LogP contribution is 2.33. The maximum Gasteiger partial charge on any atom is 0.240 e. The van der Waals surface area contributed by atoms with Crippen molar-refractivity contribution in [2.75, 3.05) is 23.9 Å². The van der Waals surface area contributed by atoms with Gasteiger partial charge in [-0.1, -0.05) is 12.1 Å². The number of carbonyl (C=O) groups is 2. The van der Waals surface area contributed by atoms with Crippen molar-refractivity contribution in [3.63, 3.8) is 0 Å². The second-order valence-electron chi connectivity index (χ2n) is 4.24. The zero-order chi connectivity index (χ0) is 13.3. The Labute approximate surface area is 106 Å². The Morgan fingerprint density at radius 3 is 1.94 bits per heavy atom. The van der Waals surface area contributed by atoms with Crippen molar-refractivity contribution in [2.24, 2.45) is 5.92 Å². The summed E-state index contributed by atoms with van der Waals surface area (Å²) in [4.78, 5) is 27.5. The third-order valence-electron chi connectivity index (χ3n) is 3.18. The highest BCUT2D eigenvalue weighted by Gasteiger charge is 2.36. The third-order valence-corrected chi connectivity index (χ3v) is 3.18. The average molecular weight is 242 g/mol. The van der Waals surface area contributed by atoms with Crippen LogP contribution in [0.1, 0.15) is 6.42 Å². The summed E-state index contributed by atoms with van der Waals surface area (Å²) in [5.41, 5.74) is 1.44. The van der Waals surface area contributed by atoms with Crippen LogP contribution in [0.3, 0.4) is 0 Å². The number of rotatable bonds is 1. The first-order chi connectivity index (χ1) is 8.57. The van der Waals surface area contributed by atoms with E-state index in [0.717, 1.165) is 11.4 Å². The second-order valence-corrected chi connectivity index (χ2v) is 4.24. The molecule has 92 valence electrons. The van der Waals surface area contributed by atoms with Gasteiger partial charge in [0.15, 0.2) is 0 Å². The number of hydrogen-bond acceptors (Lipinski definition) is 2. The molecule has 1 aromatic rings. The van der Waals surface area contributed by atoms with E-state index >= 15 is 0 Å². The molecule has 4 heteroatoms. The van der Waals surface area contributed by atoms with Crippen LogP contribution in [0, 0.1) is 18.3 Å². The Morgan fingerprint density at radius 2 is 1.56 bits per heavy atom. The van der Waals surface area contributed by atoms with Crippen LogP contribution in [-0.4, -0.2) is 25.9 Å². The Balaban J connectivity index is 2.55. The summed E-state index contributed by atoms with van der Waals surface area (Å²) in [6.45, 7) is 0. The van der Waals surface area contributed by atoms with Crippen molar-refractivity contribution < 1.29 is 9.59 Å². The summed E-state index contributed by atoms with van der Waals surface area (Å²) < 4.78 is 0. The standard InChI is InChI=1S/C14H14N2O2/c1-4-7-10-13(17)15(2)11-8-5-6-9-12(11)16(3)14(10)18/h1,5-6,8-10H,7H2,2-3H3. The lowest BCUT2D eigenvalue weighted by molar-refractivity contribution is -0.131. The lowest BCUT2D eigenvalue weighted by Gasteiger charge is -2.19. The van der Waals surface area contributed by atoms with E-state index in [4.69, 9.17) is 6.42 Å². The van der Waals surface area contributed by atoms with Crippen LogP contribution in [0.25, 0.3) is 0 Å². The molecule has 0 atom stereocenters. The summed E-state index contributed by atoms with van der Waals surface area (Å²) in [7, 11) is 3.33. The van der Waals surface area contributed by atoms with Crippen LogP contribution in [0.2, 0.25) is 0 Å². The van der Waals surface area contributed by atoms with Gasteiger partial charge < -0.3 is 9.80 Å². The largest absolute Gasteiger partial charge is 0.313 e. The number of hydrogen-bond donors (Lipinski definition) is 0. The van der Waals surface area contributed by atoms with Crippen LogP contribution >= 0.6 is 0 Å². The summed E-state index contributed by atoms with van der Waals surface area (Å²) in [6.07, 6.45) is 5.36. The highest BCUT2D eigenvalue weighted by molar-refractivity contribution is 6.17. The van der Waals surface area contributed by atoms with Gasteiger partial charge >= 0.3 is 0 Å². The minimum Gasteiger partial charge on any atom is -0.313 e. The van der Waals surface area contributed by atoms with Crippen molar-refractivity contribution in [1.29, 1.82) is 0 Å². The van der Waals surface area contributed by atoms with Crippen molar-refractivity contribution in [2.45, 2.75) is 6.42 Å². The Hall–Kier alpha value is -2.28. The summed E-state index contributed by atoms with van der Waals surface area (Å²) >= 11 is 0. The Morgan fingerprint density at radius 1 is 1.11 bits per heavy atom. The van der Waals surface area contributed by atoms with Crippen LogP contribution in [0.15, 0.2) is 24.3 Å². The van der Waals surface area contributed by atoms with Gasteiger partial charge in [0.2, 0.25) is 11.8 Å². The van der Waals surface area contributed by atoms with Gasteiger partial charge in [0, 0.05) is 20.5 Å². The molecule has 1 heterocycles. The van der Waals surface area contributed by atoms with Crippen LogP contribution in [-0.2, 0) is 9.59 Å². The molecule has 2 amide bonds. The zero-order valence-electron chi connectivity index (χ0n) is 10.4. The van der Waals surface area contributed by atoms with Gasteiger partial charge in [-0.15, -0.1) is 12.3 Å². The minimum atomic E-state index is -0.794. The van der Waals surface area contributed by atoms with Crippen molar-refractivity contribution in [1.82, 2.24) is 0 Å². The number of amides is 2. The quantitative estimate of drug-likeness (QED) is 0.549. The smallest absolute Gasteiger partial charge is 0.240 e. The van der Waals surface area contributed by atoms with Crippen LogP contribution in [0.4, 0.5) is 11.4 Å². The fourth-order valence-electron chi connectivity index (χ4n) is 2.13. The molecule has 0 aromatic heterocycles. The van der Waals surface area contributed by atoms with Gasteiger partial charge in [-0.2, -0.15) is 0 Å². The second kappa shape index (κ2) is 4.53. The number of nitrogens with zero attached hydrogens (tertiary/aromatic N) is 2. The van der Waals surface area contributed by atoms with Gasteiger partial charge in [0.05, 0.1) is 11.4 Å². The van der Waals surface area contributed by atoms with Crippen LogP contribution < -0.4 is 9.80 Å². The van der Waals surface area contributed by atoms with E-state index in [1.165, 1.54) is 9.80 Å². The molecule has 4 nitrogen and oxygen atoms in total. The maximum atomic E-state index is 12.2. The monoisotopic (exact) mass is 242 g/mol. The van der Waals surface area contributed by atoms with Gasteiger partial charge in [0.25, 0.3) is 0 Å². The van der Waals surface area contributed by atoms with E-state index in [9.17, 15) is 9.59 Å². The first-order valence-corrected chi connectivity index (χ1v) is 5.65. The number of terminal acetylenes is 1. The molecule has 18 heavy (non-hydrogen) atoms. The molecular weight excluding hydrogens is 228 g/mol. The fourth-order valence-corrected chi connectivity index (χ4v) is 2.13. The molecule has 0 radical (unpaired) electrons. The topological polar surface area (TPSA) is 40.6 Å². The van der Waals surface area contributed by atoms with E-state index in [0.29, 0.717) is 0 Å². The number of benzene rings is 1. The number of anilines is 2. The van der Waals surface area contributed by atoms with E-state index in [-0.39, 0.29) is 18.2 Å². The van der Waals surface area contributed by atoms with Crippen molar-refractivity contribution in [3.8, 4) is 12.3 Å². The predicted molar refractivity (Wildman–Crippen MR) is 70.2 cm³/mol. The third kappa shape index (κ3) is 1.74. The predicted octanol–water partition coefficient (Wildman–Crippen LogP) is 1.27. The van der Waals surface area contributed by atoms with Gasteiger partial charge in [-0.25, -0.2) is 0 Å². The molecule has 0 fully saturated rings. The van der Waals surface area contributed by atoms with Crippen molar-refractivity contribution >= 4 is 23.2 Å². The van der Waals surface area contributed by atoms with E-state index < -0.39 is 5.92 Å². The molecule has 0 N–H and O–H groups in total. The molecule has 0 aliphatic carbocycles.